The second-order valence-electron chi connectivity index (χ2n) is 4.79. The van der Waals surface area contributed by atoms with Crippen molar-refractivity contribution in [3.05, 3.63) is 0 Å². The van der Waals surface area contributed by atoms with E-state index < -0.39 is 0 Å². The van der Waals surface area contributed by atoms with Gasteiger partial charge in [-0.2, -0.15) is 0 Å². The lowest BCUT2D eigenvalue weighted by Crippen LogP contribution is -2.32. The van der Waals surface area contributed by atoms with E-state index in [1.807, 2.05) is 4.90 Å². The molecule has 1 heterocycles. The van der Waals surface area contributed by atoms with Crippen molar-refractivity contribution >= 4 is 11.8 Å². The van der Waals surface area contributed by atoms with Crippen LogP contribution in [0.2, 0.25) is 0 Å². The Morgan fingerprint density at radius 1 is 1.06 bits per heavy atom. The summed E-state index contributed by atoms with van der Waals surface area (Å²) in [6.45, 7) is 2.91. The normalized spacial score (nSPS) is 14.8. The van der Waals surface area contributed by atoms with Crippen LogP contribution in [0.4, 0.5) is 0 Å². The van der Waals surface area contributed by atoms with Crippen molar-refractivity contribution in [2.24, 2.45) is 5.73 Å². The Morgan fingerprint density at radius 2 is 1.78 bits per heavy atom. The second-order valence-corrected chi connectivity index (χ2v) is 4.79. The van der Waals surface area contributed by atoms with Gasteiger partial charge in [-0.05, 0) is 32.2 Å². The molecule has 0 aromatic rings. The van der Waals surface area contributed by atoms with Crippen LogP contribution in [0, 0.1) is 0 Å². The Morgan fingerprint density at radius 3 is 2.44 bits per heavy atom. The molecule has 2 amide bonds. The third-order valence-electron chi connectivity index (χ3n) is 3.23. The van der Waals surface area contributed by atoms with Gasteiger partial charge in [0.25, 0.3) is 0 Å². The molecule has 1 aliphatic rings. The molecular weight excluding hydrogens is 230 g/mol. The summed E-state index contributed by atoms with van der Waals surface area (Å²) in [7, 11) is 0. The van der Waals surface area contributed by atoms with Gasteiger partial charge < -0.3 is 16.0 Å². The summed E-state index contributed by atoms with van der Waals surface area (Å²) in [6.07, 6.45) is 6.03. The molecule has 0 aromatic carbocycles. The highest BCUT2D eigenvalue weighted by Gasteiger charge is 2.17. The number of nitrogens with one attached hydrogen (secondary N) is 1. The molecule has 0 saturated carbocycles. The predicted octanol–water partition coefficient (Wildman–Crippen LogP) is 0.634. The molecule has 0 bridgehead atoms. The lowest BCUT2D eigenvalue weighted by atomic mass is 10.2. The summed E-state index contributed by atoms with van der Waals surface area (Å²) in [6, 6.07) is 0. The first kappa shape index (κ1) is 15.0. The molecule has 0 aliphatic carbocycles. The highest BCUT2D eigenvalue weighted by molar-refractivity contribution is 5.79. The molecule has 1 aliphatic heterocycles. The number of nitrogens with zero attached hydrogens (tertiary/aromatic N) is 1. The van der Waals surface area contributed by atoms with Gasteiger partial charge in [0.15, 0.2) is 0 Å². The summed E-state index contributed by atoms with van der Waals surface area (Å²) in [5, 5.41) is 2.80. The standard InChI is InChI=1S/C13H25N3O2/c14-8-3-1-2-6-12(17)15-9-7-13(18)16-10-4-5-11-16/h1-11,14H2,(H,15,17). The zero-order valence-corrected chi connectivity index (χ0v) is 11.1. The molecule has 3 N–H and O–H groups in total. The van der Waals surface area contributed by atoms with Gasteiger partial charge in [0.1, 0.15) is 0 Å². The number of carbonyl (C=O) groups is 2. The molecule has 5 heteroatoms. The highest BCUT2D eigenvalue weighted by Crippen LogP contribution is 2.08. The van der Waals surface area contributed by atoms with Crippen LogP contribution < -0.4 is 11.1 Å². The van der Waals surface area contributed by atoms with Gasteiger partial charge in [0.05, 0.1) is 0 Å². The SMILES string of the molecule is NCCCCCC(=O)NCCC(=O)N1CCCC1. The molecule has 0 spiro atoms. The van der Waals surface area contributed by atoms with Gasteiger partial charge in [-0.3, -0.25) is 9.59 Å². The first-order chi connectivity index (χ1) is 8.74. The van der Waals surface area contributed by atoms with E-state index in [2.05, 4.69) is 5.32 Å². The summed E-state index contributed by atoms with van der Waals surface area (Å²) >= 11 is 0. The molecule has 1 rings (SSSR count). The van der Waals surface area contributed by atoms with E-state index in [-0.39, 0.29) is 11.8 Å². The smallest absolute Gasteiger partial charge is 0.224 e. The largest absolute Gasteiger partial charge is 0.356 e. The second kappa shape index (κ2) is 8.91. The number of likely N-dealkylation sites (tertiary alicyclic amines) is 1. The van der Waals surface area contributed by atoms with E-state index in [4.69, 9.17) is 5.73 Å². The van der Waals surface area contributed by atoms with Gasteiger partial charge >= 0.3 is 0 Å². The summed E-state index contributed by atoms with van der Waals surface area (Å²) < 4.78 is 0. The van der Waals surface area contributed by atoms with E-state index in [9.17, 15) is 9.59 Å². The van der Waals surface area contributed by atoms with Crippen molar-refractivity contribution in [3.8, 4) is 0 Å². The third-order valence-corrected chi connectivity index (χ3v) is 3.23. The maximum Gasteiger partial charge on any atom is 0.224 e. The topological polar surface area (TPSA) is 75.4 Å². The average Bonchev–Trinajstić information content (AvgIpc) is 2.88. The van der Waals surface area contributed by atoms with Crippen LogP contribution in [0.5, 0.6) is 0 Å². The van der Waals surface area contributed by atoms with Crippen molar-refractivity contribution in [1.82, 2.24) is 10.2 Å². The highest BCUT2D eigenvalue weighted by atomic mass is 16.2. The first-order valence-corrected chi connectivity index (χ1v) is 6.98. The molecule has 18 heavy (non-hydrogen) atoms. The fourth-order valence-corrected chi connectivity index (χ4v) is 2.13. The number of rotatable bonds is 8. The Bertz CT molecular complexity index is 263. The third kappa shape index (κ3) is 6.00. The number of hydrogen-bond donors (Lipinski definition) is 2. The fraction of sp³-hybridized carbons (Fsp3) is 0.846. The van der Waals surface area contributed by atoms with E-state index in [1.54, 1.807) is 0 Å². The van der Waals surface area contributed by atoms with Crippen LogP contribution >= 0.6 is 0 Å². The minimum absolute atomic E-state index is 0.0428. The van der Waals surface area contributed by atoms with Crippen LogP contribution in [0.3, 0.4) is 0 Å². The van der Waals surface area contributed by atoms with Crippen LogP contribution in [0.15, 0.2) is 0 Å². The lowest BCUT2D eigenvalue weighted by Gasteiger charge is -2.15. The van der Waals surface area contributed by atoms with E-state index in [0.717, 1.165) is 45.2 Å². The predicted molar refractivity (Wildman–Crippen MR) is 71.0 cm³/mol. The molecule has 0 unspecified atom stereocenters. The molecule has 5 nitrogen and oxygen atoms in total. The average molecular weight is 255 g/mol. The van der Waals surface area contributed by atoms with E-state index in [1.165, 1.54) is 0 Å². The zero-order chi connectivity index (χ0) is 13.2. The van der Waals surface area contributed by atoms with Crippen molar-refractivity contribution in [1.29, 1.82) is 0 Å². The molecule has 0 aromatic heterocycles. The van der Waals surface area contributed by atoms with Crippen molar-refractivity contribution in [3.63, 3.8) is 0 Å². The van der Waals surface area contributed by atoms with E-state index >= 15 is 0 Å². The van der Waals surface area contributed by atoms with Gasteiger partial charge in [-0.1, -0.05) is 6.42 Å². The summed E-state index contributed by atoms with van der Waals surface area (Å²) in [4.78, 5) is 25.0. The molecular formula is C13H25N3O2. The lowest BCUT2D eigenvalue weighted by molar-refractivity contribution is -0.130. The van der Waals surface area contributed by atoms with Crippen LogP contribution in [0.1, 0.15) is 44.9 Å². The number of amides is 2. The molecule has 1 fully saturated rings. The number of carbonyl (C=O) groups excluding carboxylic acids is 2. The number of hydrogen-bond acceptors (Lipinski definition) is 3. The van der Waals surface area contributed by atoms with Crippen molar-refractivity contribution in [2.45, 2.75) is 44.9 Å². The van der Waals surface area contributed by atoms with Gasteiger partial charge in [0.2, 0.25) is 11.8 Å². The Balaban J connectivity index is 1.99. The van der Waals surface area contributed by atoms with Gasteiger partial charge in [0, 0.05) is 32.5 Å². The van der Waals surface area contributed by atoms with Crippen LogP contribution in [-0.4, -0.2) is 42.9 Å². The van der Waals surface area contributed by atoms with Gasteiger partial charge in [-0.15, -0.1) is 0 Å². The number of nitrogens with two attached hydrogens (primary N) is 1. The van der Waals surface area contributed by atoms with Gasteiger partial charge in [-0.25, -0.2) is 0 Å². The zero-order valence-electron chi connectivity index (χ0n) is 11.1. The Hall–Kier alpha value is -1.10. The maximum atomic E-state index is 11.7. The molecule has 0 radical (unpaired) electrons. The summed E-state index contributed by atoms with van der Waals surface area (Å²) in [5.41, 5.74) is 5.38. The quantitative estimate of drug-likeness (QED) is 0.625. The van der Waals surface area contributed by atoms with Crippen LogP contribution in [0.25, 0.3) is 0 Å². The molecule has 104 valence electrons. The summed E-state index contributed by atoms with van der Waals surface area (Å²) in [5.74, 6) is 0.206. The fourth-order valence-electron chi connectivity index (χ4n) is 2.13. The van der Waals surface area contributed by atoms with Crippen LogP contribution in [-0.2, 0) is 9.59 Å². The Labute approximate surface area is 109 Å². The molecule has 1 saturated heterocycles. The number of unbranched alkanes of at least 4 members (excludes halogenated alkanes) is 2. The molecule has 0 atom stereocenters. The van der Waals surface area contributed by atoms with Crippen molar-refractivity contribution < 1.29 is 9.59 Å². The Kier molecular flexibility index (Phi) is 7.41. The monoisotopic (exact) mass is 255 g/mol. The maximum absolute atomic E-state index is 11.7. The first-order valence-electron chi connectivity index (χ1n) is 6.98. The van der Waals surface area contributed by atoms with E-state index in [0.29, 0.717) is 25.9 Å². The minimum atomic E-state index is 0.0428. The van der Waals surface area contributed by atoms with Crippen molar-refractivity contribution in [2.75, 3.05) is 26.2 Å². The minimum Gasteiger partial charge on any atom is -0.356 e.